The summed E-state index contributed by atoms with van der Waals surface area (Å²) in [5, 5.41) is 2.54. The first-order valence-electron chi connectivity index (χ1n) is 19.1. The maximum atomic E-state index is 5.16. The lowest BCUT2D eigenvalue weighted by Crippen LogP contribution is -3.14. The van der Waals surface area contributed by atoms with Crippen molar-refractivity contribution >= 4 is 33.3 Å². The normalized spacial score (nSPS) is 19.9. The van der Waals surface area contributed by atoms with Crippen LogP contribution in [-0.2, 0) is 5.41 Å². The summed E-state index contributed by atoms with van der Waals surface area (Å²) in [5.74, 6) is 1.08. The number of fused-ring (bicyclic) bond motifs is 6. The molecule has 3 nitrogen and oxygen atoms in total. The summed E-state index contributed by atoms with van der Waals surface area (Å²) in [6.45, 7) is 0. The maximum absolute atomic E-state index is 5.16. The Labute approximate surface area is 315 Å². The van der Waals surface area contributed by atoms with E-state index in [0.717, 1.165) is 29.9 Å². The highest BCUT2D eigenvalue weighted by atomic mass is 15.4. The van der Waals surface area contributed by atoms with Crippen molar-refractivity contribution in [1.82, 2.24) is 4.57 Å². The lowest BCUT2D eigenvalue weighted by Gasteiger charge is -2.35. The highest BCUT2D eigenvalue weighted by Gasteiger charge is 2.47. The summed E-state index contributed by atoms with van der Waals surface area (Å²) in [7, 11) is 0. The number of nitrogens with one attached hydrogen (secondary N) is 1. The number of aromatic nitrogens is 1. The van der Waals surface area contributed by atoms with E-state index in [4.69, 9.17) is 4.99 Å². The van der Waals surface area contributed by atoms with Crippen LogP contribution in [0.3, 0.4) is 0 Å². The smallest absolute Gasteiger partial charge is 0.241 e. The molecule has 0 amide bonds. The van der Waals surface area contributed by atoms with Gasteiger partial charge in [0.2, 0.25) is 12.0 Å². The summed E-state index contributed by atoms with van der Waals surface area (Å²) < 4.78 is 2.46. The zero-order valence-electron chi connectivity index (χ0n) is 29.9. The van der Waals surface area contributed by atoms with Gasteiger partial charge in [-0.05, 0) is 88.7 Å². The van der Waals surface area contributed by atoms with Gasteiger partial charge < -0.3 is 4.57 Å². The number of amidine groups is 1. The standard InChI is InChI=1S/C51H37N3/c1-5-17-35(18-6-1)49-52-50(36-19-7-2-8-20-36)54(49)40-31-29-39(30-32-40)53-47-28-16-14-26-42(47)44-33-46-43(34-48(44)53)41-25-13-15-27-45(41)51(46,37-21-9-3-10-22-37)38-23-11-4-12-24-38/h1-3,5-11,13-34,49H,4,12H2/p+1. The lowest BCUT2D eigenvalue weighted by molar-refractivity contribution is -0.792. The van der Waals surface area contributed by atoms with Crippen LogP contribution in [0.15, 0.2) is 205 Å². The number of aliphatic imine (C=N–C) groups is 1. The summed E-state index contributed by atoms with van der Waals surface area (Å²) in [5.41, 5.74) is 14.8. The minimum absolute atomic E-state index is 0.0159. The van der Waals surface area contributed by atoms with E-state index in [9.17, 15) is 0 Å². The Morgan fingerprint density at radius 1 is 0.574 bits per heavy atom. The van der Waals surface area contributed by atoms with Gasteiger partial charge in [0.05, 0.1) is 22.0 Å². The van der Waals surface area contributed by atoms with E-state index in [0.29, 0.717) is 0 Å². The van der Waals surface area contributed by atoms with E-state index in [2.05, 4.69) is 199 Å². The minimum atomic E-state index is -0.392. The molecule has 1 N–H and O–H groups in total. The minimum Gasteiger partial charge on any atom is -0.309 e. The topological polar surface area (TPSA) is 21.7 Å². The Bertz CT molecular complexity index is 2810. The maximum Gasteiger partial charge on any atom is 0.241 e. The largest absolute Gasteiger partial charge is 0.309 e. The molecule has 3 unspecified atom stereocenters. The molecule has 256 valence electrons. The Hall–Kier alpha value is -6.55. The Kier molecular flexibility index (Phi) is 7.05. The SMILES string of the molecule is C1=CC(C2(c3ccccc3)c3ccccc3-c3cc4c(cc32)c2ccccc2n4-c2ccc([NH+]3C(c4ccccc4)=NC3c3ccccc3)cc2)=CCC1. The Balaban J connectivity index is 1.10. The van der Waals surface area contributed by atoms with Gasteiger partial charge in [-0.2, -0.15) is 4.99 Å². The zero-order valence-corrected chi connectivity index (χ0v) is 29.9. The van der Waals surface area contributed by atoms with Crippen LogP contribution in [0.5, 0.6) is 0 Å². The Morgan fingerprint density at radius 3 is 2.06 bits per heavy atom. The van der Waals surface area contributed by atoms with E-state index in [-0.39, 0.29) is 6.17 Å². The quantitative estimate of drug-likeness (QED) is 0.179. The van der Waals surface area contributed by atoms with E-state index < -0.39 is 5.41 Å². The van der Waals surface area contributed by atoms with Gasteiger partial charge in [-0.1, -0.05) is 140 Å². The van der Waals surface area contributed by atoms with Crippen molar-refractivity contribution in [2.75, 3.05) is 0 Å². The van der Waals surface area contributed by atoms with Gasteiger partial charge in [0, 0.05) is 34.2 Å². The van der Waals surface area contributed by atoms with Gasteiger partial charge in [0.1, 0.15) is 5.69 Å². The molecule has 0 saturated carbocycles. The number of nitrogens with zero attached hydrogens (tertiary/aromatic N) is 2. The highest BCUT2D eigenvalue weighted by Crippen LogP contribution is 2.58. The first kappa shape index (κ1) is 31.0. The summed E-state index contributed by atoms with van der Waals surface area (Å²) in [6.07, 6.45) is 9.37. The van der Waals surface area contributed by atoms with Crippen LogP contribution in [0.25, 0.3) is 38.6 Å². The monoisotopic (exact) mass is 692 g/mol. The fourth-order valence-corrected chi connectivity index (χ4v) is 9.50. The molecule has 3 heteroatoms. The molecule has 0 radical (unpaired) electrons. The average molecular weight is 693 g/mol. The third-order valence-corrected chi connectivity index (χ3v) is 11.9. The summed E-state index contributed by atoms with van der Waals surface area (Å²) >= 11 is 0. The van der Waals surface area contributed by atoms with Crippen molar-refractivity contribution in [3.05, 3.63) is 228 Å². The van der Waals surface area contributed by atoms with Crippen molar-refractivity contribution in [3.8, 4) is 16.8 Å². The molecule has 54 heavy (non-hydrogen) atoms. The second-order valence-electron chi connectivity index (χ2n) is 14.7. The second kappa shape index (κ2) is 12.3. The van der Waals surface area contributed by atoms with E-state index in [1.54, 1.807) is 0 Å². The molecule has 7 aromatic carbocycles. The molecule has 1 aliphatic heterocycles. The summed E-state index contributed by atoms with van der Waals surface area (Å²) in [4.78, 5) is 6.44. The number of para-hydroxylation sites is 1. The van der Waals surface area contributed by atoms with Crippen LogP contribution in [0, 0.1) is 0 Å². The Morgan fingerprint density at radius 2 is 1.28 bits per heavy atom. The second-order valence-corrected chi connectivity index (χ2v) is 14.7. The predicted octanol–water partition coefficient (Wildman–Crippen LogP) is 11.1. The third-order valence-electron chi connectivity index (χ3n) is 11.9. The first-order chi connectivity index (χ1) is 26.8. The number of benzene rings is 7. The van der Waals surface area contributed by atoms with Gasteiger partial charge in [0.25, 0.3) is 0 Å². The molecule has 2 aliphatic carbocycles. The molecule has 3 aliphatic rings. The van der Waals surface area contributed by atoms with E-state index in [1.165, 1.54) is 71.3 Å². The summed E-state index contributed by atoms with van der Waals surface area (Å²) in [6, 6.07) is 64.6. The van der Waals surface area contributed by atoms with E-state index >= 15 is 0 Å². The predicted molar refractivity (Wildman–Crippen MR) is 222 cm³/mol. The first-order valence-corrected chi connectivity index (χ1v) is 19.1. The third kappa shape index (κ3) is 4.49. The molecular weight excluding hydrogens is 655 g/mol. The van der Waals surface area contributed by atoms with Crippen LogP contribution in [0.2, 0.25) is 0 Å². The van der Waals surface area contributed by atoms with Crippen LogP contribution < -0.4 is 4.90 Å². The van der Waals surface area contributed by atoms with Crippen molar-refractivity contribution < 1.29 is 4.90 Å². The number of rotatable bonds is 6. The van der Waals surface area contributed by atoms with Crippen molar-refractivity contribution in [2.24, 2.45) is 4.99 Å². The average Bonchev–Trinajstić information content (AvgIpc) is 3.71. The molecule has 11 rings (SSSR count). The van der Waals surface area contributed by atoms with Crippen LogP contribution in [0.1, 0.15) is 46.8 Å². The lowest BCUT2D eigenvalue weighted by atomic mass is 9.66. The van der Waals surface area contributed by atoms with Gasteiger partial charge in [-0.15, -0.1) is 0 Å². The van der Waals surface area contributed by atoms with Crippen molar-refractivity contribution in [2.45, 2.75) is 24.4 Å². The highest BCUT2D eigenvalue weighted by molar-refractivity contribution is 6.12. The molecule has 0 bridgehead atoms. The number of hydrogen-bond donors (Lipinski definition) is 1. The van der Waals surface area contributed by atoms with Crippen LogP contribution in [-0.4, -0.2) is 10.4 Å². The molecule has 3 atom stereocenters. The van der Waals surface area contributed by atoms with Gasteiger partial charge in [-0.3, -0.25) is 0 Å². The molecule has 8 aromatic rings. The van der Waals surface area contributed by atoms with Crippen molar-refractivity contribution in [1.29, 1.82) is 0 Å². The fraction of sp³-hybridized carbons (Fsp3) is 0.0784. The number of allylic oxidation sites excluding steroid dienone is 4. The zero-order chi connectivity index (χ0) is 35.6. The van der Waals surface area contributed by atoms with Crippen LogP contribution in [0.4, 0.5) is 5.69 Å². The molecular formula is C51H38N3+. The van der Waals surface area contributed by atoms with Gasteiger partial charge >= 0.3 is 0 Å². The molecule has 2 heterocycles. The van der Waals surface area contributed by atoms with E-state index in [1.807, 2.05) is 0 Å². The number of hydrogen-bond acceptors (Lipinski definition) is 1. The number of quaternary nitrogens is 1. The molecule has 0 fully saturated rings. The van der Waals surface area contributed by atoms with Crippen LogP contribution >= 0.6 is 0 Å². The van der Waals surface area contributed by atoms with Crippen molar-refractivity contribution in [3.63, 3.8) is 0 Å². The molecule has 1 aromatic heterocycles. The molecule has 0 spiro atoms. The fourth-order valence-electron chi connectivity index (χ4n) is 9.50. The molecule has 0 saturated heterocycles. The van der Waals surface area contributed by atoms with Gasteiger partial charge in [0.15, 0.2) is 0 Å². The van der Waals surface area contributed by atoms with Gasteiger partial charge in [-0.25, -0.2) is 4.90 Å².